The molecule has 0 radical (unpaired) electrons. The van der Waals surface area contributed by atoms with Crippen LogP contribution in [0.1, 0.15) is 5.56 Å². The minimum Gasteiger partial charge on any atom is -0.378 e. The maximum absolute atomic E-state index is 5.52. The molecule has 6 rings (SSSR count). The van der Waals surface area contributed by atoms with Crippen molar-refractivity contribution in [3.63, 3.8) is 0 Å². The third-order valence-electron chi connectivity index (χ3n) is 6.02. The normalized spacial score (nSPS) is 13.9. The summed E-state index contributed by atoms with van der Waals surface area (Å²) in [5, 5.41) is 7.79. The van der Waals surface area contributed by atoms with Crippen LogP contribution in [0, 0.1) is 0 Å². The standard InChI is InChI=1S/C25H25N9O/c1-32-16-20(15-29-32)34-17-28-22-23(30-25(31-24(22)34)33-10-12-35-13-11-33)27-14-18-5-7-19(8-6-18)21-4-2-3-9-26-21/h2-9,15-17H,10-14H2,1H3,(H,27,30,31). The summed E-state index contributed by atoms with van der Waals surface area (Å²) in [6, 6.07) is 14.3. The summed E-state index contributed by atoms with van der Waals surface area (Å²) >= 11 is 0. The predicted octanol–water partition coefficient (Wildman–Crippen LogP) is 3.06. The number of anilines is 2. The summed E-state index contributed by atoms with van der Waals surface area (Å²) in [5.74, 6) is 1.37. The molecule has 1 saturated heterocycles. The van der Waals surface area contributed by atoms with Gasteiger partial charge in [0.05, 0.1) is 30.8 Å². The van der Waals surface area contributed by atoms with Crippen molar-refractivity contribution < 1.29 is 4.74 Å². The lowest BCUT2D eigenvalue weighted by Gasteiger charge is -2.27. The average molecular weight is 468 g/mol. The van der Waals surface area contributed by atoms with E-state index in [9.17, 15) is 0 Å². The highest BCUT2D eigenvalue weighted by Crippen LogP contribution is 2.26. The van der Waals surface area contributed by atoms with Crippen LogP contribution in [-0.2, 0) is 18.3 Å². The molecule has 5 heterocycles. The van der Waals surface area contributed by atoms with Crippen molar-refractivity contribution in [2.75, 3.05) is 36.5 Å². The van der Waals surface area contributed by atoms with Crippen LogP contribution < -0.4 is 10.2 Å². The fourth-order valence-corrected chi connectivity index (χ4v) is 4.15. The lowest BCUT2D eigenvalue weighted by atomic mass is 10.1. The summed E-state index contributed by atoms with van der Waals surface area (Å²) in [6.07, 6.45) is 7.32. The molecule has 1 aromatic carbocycles. The predicted molar refractivity (Wildman–Crippen MR) is 133 cm³/mol. The Balaban J connectivity index is 1.31. The van der Waals surface area contributed by atoms with Gasteiger partial charge in [-0.1, -0.05) is 30.3 Å². The van der Waals surface area contributed by atoms with Gasteiger partial charge in [0.2, 0.25) is 5.95 Å². The van der Waals surface area contributed by atoms with Gasteiger partial charge < -0.3 is 15.0 Å². The summed E-state index contributed by atoms with van der Waals surface area (Å²) in [7, 11) is 1.89. The molecule has 0 bridgehead atoms. The zero-order valence-electron chi connectivity index (χ0n) is 19.4. The van der Waals surface area contributed by atoms with Gasteiger partial charge in [0, 0.05) is 44.6 Å². The summed E-state index contributed by atoms with van der Waals surface area (Å²) in [6.45, 7) is 3.43. The molecule has 1 aliphatic heterocycles. The molecule has 35 heavy (non-hydrogen) atoms. The number of hydrogen-bond donors (Lipinski definition) is 1. The number of rotatable bonds is 6. The highest BCUT2D eigenvalue weighted by Gasteiger charge is 2.20. The van der Waals surface area contributed by atoms with E-state index in [-0.39, 0.29) is 0 Å². The maximum Gasteiger partial charge on any atom is 0.229 e. The van der Waals surface area contributed by atoms with Crippen LogP contribution in [0.15, 0.2) is 67.4 Å². The van der Waals surface area contributed by atoms with E-state index >= 15 is 0 Å². The number of morpholine rings is 1. The second kappa shape index (κ2) is 9.15. The summed E-state index contributed by atoms with van der Waals surface area (Å²) in [5.41, 5.74) is 5.54. The Bertz CT molecular complexity index is 1440. The van der Waals surface area contributed by atoms with E-state index in [4.69, 9.17) is 14.7 Å². The average Bonchev–Trinajstić information content (AvgIpc) is 3.54. The smallest absolute Gasteiger partial charge is 0.229 e. The van der Waals surface area contributed by atoms with Gasteiger partial charge in [0.25, 0.3) is 0 Å². The molecule has 5 aromatic rings. The van der Waals surface area contributed by atoms with Crippen LogP contribution in [0.5, 0.6) is 0 Å². The van der Waals surface area contributed by atoms with Gasteiger partial charge in [-0.2, -0.15) is 15.1 Å². The molecule has 0 aliphatic carbocycles. The second-order valence-electron chi connectivity index (χ2n) is 8.40. The number of pyridine rings is 1. The van der Waals surface area contributed by atoms with Crippen LogP contribution in [0.4, 0.5) is 11.8 Å². The quantitative estimate of drug-likeness (QED) is 0.407. The number of hydrogen-bond acceptors (Lipinski definition) is 8. The van der Waals surface area contributed by atoms with Crippen molar-refractivity contribution in [2.45, 2.75) is 6.54 Å². The minimum atomic E-state index is 0.608. The van der Waals surface area contributed by atoms with Gasteiger partial charge in [-0.25, -0.2) is 4.98 Å². The van der Waals surface area contributed by atoms with Crippen molar-refractivity contribution in [3.05, 3.63) is 72.9 Å². The van der Waals surface area contributed by atoms with Crippen LogP contribution in [-0.4, -0.2) is 60.6 Å². The Labute approximate surface area is 202 Å². The molecular formula is C25H25N9O. The molecule has 10 heteroatoms. The molecule has 4 aromatic heterocycles. The highest BCUT2D eigenvalue weighted by atomic mass is 16.5. The zero-order valence-corrected chi connectivity index (χ0v) is 19.4. The van der Waals surface area contributed by atoms with Gasteiger partial charge in [-0.3, -0.25) is 14.2 Å². The van der Waals surface area contributed by atoms with Gasteiger partial charge in [-0.15, -0.1) is 0 Å². The van der Waals surface area contributed by atoms with Gasteiger partial charge in [0.1, 0.15) is 6.33 Å². The zero-order chi connectivity index (χ0) is 23.6. The van der Waals surface area contributed by atoms with Gasteiger partial charge in [-0.05, 0) is 17.7 Å². The van der Waals surface area contributed by atoms with Crippen molar-refractivity contribution in [1.82, 2.24) is 34.3 Å². The molecular weight excluding hydrogens is 442 g/mol. The Morgan fingerprint density at radius 3 is 2.60 bits per heavy atom. The number of nitrogens with zero attached hydrogens (tertiary/aromatic N) is 8. The number of imidazole rings is 1. The molecule has 1 N–H and O–H groups in total. The lowest BCUT2D eigenvalue weighted by Crippen LogP contribution is -2.37. The molecule has 0 saturated carbocycles. The first-order chi connectivity index (χ1) is 17.2. The molecule has 0 atom stereocenters. The molecule has 0 spiro atoms. The maximum atomic E-state index is 5.52. The monoisotopic (exact) mass is 467 g/mol. The largest absolute Gasteiger partial charge is 0.378 e. The Morgan fingerprint density at radius 1 is 1.00 bits per heavy atom. The van der Waals surface area contributed by atoms with Gasteiger partial charge in [0.15, 0.2) is 17.0 Å². The second-order valence-corrected chi connectivity index (χ2v) is 8.40. The molecule has 10 nitrogen and oxygen atoms in total. The molecule has 0 unspecified atom stereocenters. The minimum absolute atomic E-state index is 0.608. The van der Waals surface area contributed by atoms with Crippen molar-refractivity contribution >= 4 is 22.9 Å². The third-order valence-corrected chi connectivity index (χ3v) is 6.02. The fraction of sp³-hybridized carbons (Fsp3) is 0.240. The van der Waals surface area contributed by atoms with E-state index in [0.29, 0.717) is 31.5 Å². The fourth-order valence-electron chi connectivity index (χ4n) is 4.15. The topological polar surface area (TPSA) is 98.8 Å². The number of nitrogens with one attached hydrogen (secondary N) is 1. The van der Waals surface area contributed by atoms with E-state index in [2.05, 4.69) is 49.5 Å². The molecule has 0 amide bonds. The van der Waals surface area contributed by atoms with E-state index in [1.807, 2.05) is 42.2 Å². The first kappa shape index (κ1) is 21.2. The Kier molecular flexibility index (Phi) is 5.55. The van der Waals surface area contributed by atoms with Crippen molar-refractivity contribution in [2.24, 2.45) is 7.05 Å². The lowest BCUT2D eigenvalue weighted by molar-refractivity contribution is 0.122. The first-order valence-corrected chi connectivity index (χ1v) is 11.6. The molecule has 176 valence electrons. The van der Waals surface area contributed by atoms with E-state index < -0.39 is 0 Å². The number of fused-ring (bicyclic) bond motifs is 1. The first-order valence-electron chi connectivity index (χ1n) is 11.6. The van der Waals surface area contributed by atoms with Crippen LogP contribution in [0.2, 0.25) is 0 Å². The number of aromatic nitrogens is 7. The van der Waals surface area contributed by atoms with Crippen LogP contribution >= 0.6 is 0 Å². The van der Waals surface area contributed by atoms with Crippen LogP contribution in [0.25, 0.3) is 28.1 Å². The SMILES string of the molecule is Cn1cc(-n2cnc3c(NCc4ccc(-c5ccccn5)cc4)nc(N4CCOCC4)nc32)cn1. The van der Waals surface area contributed by atoms with E-state index in [0.717, 1.165) is 46.8 Å². The number of aryl methyl sites for hydroxylation is 1. The van der Waals surface area contributed by atoms with Crippen LogP contribution in [0.3, 0.4) is 0 Å². The van der Waals surface area contributed by atoms with E-state index in [1.54, 1.807) is 17.2 Å². The Morgan fingerprint density at radius 2 is 1.86 bits per heavy atom. The van der Waals surface area contributed by atoms with Crippen molar-refractivity contribution in [3.8, 4) is 16.9 Å². The number of benzene rings is 1. The summed E-state index contributed by atoms with van der Waals surface area (Å²) in [4.78, 5) is 21.0. The number of ether oxygens (including phenoxy) is 1. The third kappa shape index (κ3) is 4.31. The molecule has 1 aliphatic rings. The van der Waals surface area contributed by atoms with Crippen molar-refractivity contribution in [1.29, 1.82) is 0 Å². The highest BCUT2D eigenvalue weighted by molar-refractivity contribution is 5.85. The Hall–Kier alpha value is -4.31. The summed E-state index contributed by atoms with van der Waals surface area (Å²) < 4.78 is 9.23. The van der Waals surface area contributed by atoms with Gasteiger partial charge >= 0.3 is 0 Å². The van der Waals surface area contributed by atoms with E-state index in [1.165, 1.54) is 0 Å². The molecule has 1 fully saturated rings.